The standard InChI is InChI=1S/C23H24ClFN4OS/c1-27(19-10-6-18(25)7-11-19)15-21-14-26-23(29(21)20-8-4-17(24)5-9-20)31-16-22(30)28-12-2-3-13-28/h4-11,14H,2-3,12-13,15-16H2,1H3. The minimum Gasteiger partial charge on any atom is -0.369 e. The number of hydrogen-bond acceptors (Lipinski definition) is 4. The number of aromatic nitrogens is 2. The van der Waals surface area contributed by atoms with Gasteiger partial charge in [0.1, 0.15) is 5.82 Å². The average molecular weight is 459 g/mol. The summed E-state index contributed by atoms with van der Waals surface area (Å²) in [4.78, 5) is 21.1. The number of imidazole rings is 1. The number of benzene rings is 2. The van der Waals surface area contributed by atoms with Crippen molar-refractivity contribution in [1.82, 2.24) is 14.5 Å². The Morgan fingerprint density at radius 1 is 1.13 bits per heavy atom. The SMILES string of the molecule is CN(Cc1cnc(SCC(=O)N2CCCC2)n1-c1ccc(Cl)cc1)c1ccc(F)cc1. The number of carbonyl (C=O) groups excluding carboxylic acids is 1. The van der Waals surface area contributed by atoms with Gasteiger partial charge in [0.2, 0.25) is 5.91 Å². The van der Waals surface area contributed by atoms with Crippen LogP contribution in [0.3, 0.4) is 0 Å². The third kappa shape index (κ3) is 5.22. The van der Waals surface area contributed by atoms with Crippen LogP contribution in [0.1, 0.15) is 18.5 Å². The van der Waals surface area contributed by atoms with Crippen molar-refractivity contribution in [3.05, 3.63) is 71.3 Å². The van der Waals surface area contributed by atoms with Gasteiger partial charge in [-0.3, -0.25) is 9.36 Å². The molecule has 0 unspecified atom stereocenters. The van der Waals surface area contributed by atoms with Gasteiger partial charge in [0, 0.05) is 36.5 Å². The Morgan fingerprint density at radius 3 is 2.48 bits per heavy atom. The number of rotatable bonds is 7. The molecule has 0 saturated carbocycles. The van der Waals surface area contributed by atoms with E-state index >= 15 is 0 Å². The van der Waals surface area contributed by atoms with Crippen LogP contribution >= 0.6 is 23.4 Å². The number of nitrogens with zero attached hydrogens (tertiary/aromatic N) is 4. The van der Waals surface area contributed by atoms with E-state index in [1.807, 2.05) is 47.3 Å². The molecule has 1 aliphatic rings. The van der Waals surface area contributed by atoms with Crippen LogP contribution in [0.4, 0.5) is 10.1 Å². The highest BCUT2D eigenvalue weighted by molar-refractivity contribution is 7.99. The van der Waals surface area contributed by atoms with Crippen molar-refractivity contribution in [2.45, 2.75) is 24.5 Å². The fourth-order valence-electron chi connectivity index (χ4n) is 3.66. The van der Waals surface area contributed by atoms with Crippen molar-refractivity contribution in [3.63, 3.8) is 0 Å². The van der Waals surface area contributed by atoms with E-state index < -0.39 is 0 Å². The summed E-state index contributed by atoms with van der Waals surface area (Å²) in [6, 6.07) is 14.0. The van der Waals surface area contributed by atoms with E-state index in [-0.39, 0.29) is 11.7 Å². The summed E-state index contributed by atoms with van der Waals surface area (Å²) in [6.45, 7) is 2.26. The lowest BCUT2D eigenvalue weighted by Crippen LogP contribution is -2.29. The molecule has 2 heterocycles. The second-order valence-corrected chi connectivity index (χ2v) is 8.93. The molecule has 0 spiro atoms. The maximum Gasteiger partial charge on any atom is 0.233 e. The molecule has 1 saturated heterocycles. The summed E-state index contributed by atoms with van der Waals surface area (Å²) >= 11 is 7.53. The van der Waals surface area contributed by atoms with E-state index in [1.165, 1.54) is 23.9 Å². The molecule has 8 heteroatoms. The largest absolute Gasteiger partial charge is 0.369 e. The first-order chi connectivity index (χ1) is 15.0. The fraction of sp³-hybridized carbons (Fsp3) is 0.304. The van der Waals surface area contributed by atoms with Gasteiger partial charge >= 0.3 is 0 Å². The van der Waals surface area contributed by atoms with Gasteiger partial charge in [-0.1, -0.05) is 23.4 Å². The zero-order valence-electron chi connectivity index (χ0n) is 17.3. The molecule has 31 heavy (non-hydrogen) atoms. The second-order valence-electron chi connectivity index (χ2n) is 7.55. The van der Waals surface area contributed by atoms with E-state index in [4.69, 9.17) is 11.6 Å². The quantitative estimate of drug-likeness (QED) is 0.466. The Labute approximate surface area is 190 Å². The molecule has 2 aromatic carbocycles. The van der Waals surface area contributed by atoms with Crippen molar-refractivity contribution in [1.29, 1.82) is 0 Å². The highest BCUT2D eigenvalue weighted by Gasteiger charge is 2.20. The van der Waals surface area contributed by atoms with Crippen LogP contribution in [0.5, 0.6) is 0 Å². The summed E-state index contributed by atoms with van der Waals surface area (Å²) in [5.74, 6) is 0.250. The lowest BCUT2D eigenvalue weighted by molar-refractivity contribution is -0.127. The zero-order valence-corrected chi connectivity index (χ0v) is 18.9. The van der Waals surface area contributed by atoms with E-state index in [0.717, 1.165) is 48.2 Å². The molecule has 162 valence electrons. The highest BCUT2D eigenvalue weighted by atomic mass is 35.5. The molecule has 1 aliphatic heterocycles. The van der Waals surface area contributed by atoms with E-state index in [0.29, 0.717) is 17.3 Å². The van der Waals surface area contributed by atoms with Crippen molar-refractivity contribution in [2.75, 3.05) is 30.8 Å². The maximum atomic E-state index is 13.3. The van der Waals surface area contributed by atoms with Gasteiger partial charge in [-0.2, -0.15) is 0 Å². The van der Waals surface area contributed by atoms with E-state index in [2.05, 4.69) is 9.55 Å². The first-order valence-electron chi connectivity index (χ1n) is 10.2. The van der Waals surface area contributed by atoms with Crippen molar-refractivity contribution < 1.29 is 9.18 Å². The van der Waals surface area contributed by atoms with E-state index in [9.17, 15) is 9.18 Å². The maximum absolute atomic E-state index is 13.3. The van der Waals surface area contributed by atoms with Crippen LogP contribution in [-0.2, 0) is 11.3 Å². The van der Waals surface area contributed by atoms with E-state index in [1.54, 1.807) is 12.1 Å². The molecule has 1 amide bonds. The number of halogens is 2. The predicted octanol–water partition coefficient (Wildman–Crippen LogP) is 5.02. The number of likely N-dealkylation sites (tertiary alicyclic amines) is 1. The molecular weight excluding hydrogens is 435 g/mol. The average Bonchev–Trinajstić information content (AvgIpc) is 3.44. The molecule has 1 aromatic heterocycles. The number of hydrogen-bond donors (Lipinski definition) is 0. The van der Waals surface area contributed by atoms with Crippen LogP contribution in [0.25, 0.3) is 5.69 Å². The van der Waals surface area contributed by atoms with Crippen LogP contribution in [0, 0.1) is 5.82 Å². The Kier molecular flexibility index (Phi) is 6.83. The summed E-state index contributed by atoms with van der Waals surface area (Å²) in [5.41, 5.74) is 2.80. The Hall–Kier alpha value is -2.51. The molecule has 1 fully saturated rings. The molecule has 0 atom stereocenters. The van der Waals surface area contributed by atoms with Gasteiger partial charge < -0.3 is 9.80 Å². The lowest BCUT2D eigenvalue weighted by atomic mass is 10.2. The lowest BCUT2D eigenvalue weighted by Gasteiger charge is -2.21. The summed E-state index contributed by atoms with van der Waals surface area (Å²) in [5, 5.41) is 1.42. The van der Waals surface area contributed by atoms with Crippen molar-refractivity contribution >= 4 is 35.0 Å². The van der Waals surface area contributed by atoms with Gasteiger partial charge in [-0.25, -0.2) is 9.37 Å². The number of anilines is 1. The van der Waals surface area contributed by atoms with Crippen LogP contribution in [0.2, 0.25) is 5.02 Å². The molecule has 5 nitrogen and oxygen atoms in total. The highest BCUT2D eigenvalue weighted by Crippen LogP contribution is 2.27. The van der Waals surface area contributed by atoms with Gasteiger partial charge in [0.25, 0.3) is 0 Å². The number of amides is 1. The smallest absolute Gasteiger partial charge is 0.233 e. The fourth-order valence-corrected chi connectivity index (χ4v) is 4.70. The molecule has 0 aliphatic carbocycles. The molecular formula is C23H24ClFN4OS. The topological polar surface area (TPSA) is 41.4 Å². The van der Waals surface area contributed by atoms with Crippen LogP contribution in [-0.4, -0.2) is 46.2 Å². The first kappa shape index (κ1) is 21.7. The van der Waals surface area contributed by atoms with Gasteiger partial charge in [0.15, 0.2) is 5.16 Å². The summed E-state index contributed by atoms with van der Waals surface area (Å²) in [6.07, 6.45) is 3.99. The van der Waals surface area contributed by atoms with Gasteiger partial charge in [0.05, 0.1) is 24.2 Å². The minimum atomic E-state index is -0.260. The number of carbonyl (C=O) groups is 1. The van der Waals surface area contributed by atoms with Gasteiger partial charge in [-0.05, 0) is 61.4 Å². The van der Waals surface area contributed by atoms with Crippen molar-refractivity contribution in [2.24, 2.45) is 0 Å². The normalized spacial score (nSPS) is 13.6. The predicted molar refractivity (Wildman–Crippen MR) is 124 cm³/mol. The van der Waals surface area contributed by atoms with Crippen LogP contribution < -0.4 is 4.90 Å². The second kappa shape index (κ2) is 9.75. The summed E-state index contributed by atoms with van der Waals surface area (Å²) in [7, 11) is 1.95. The molecule has 3 aromatic rings. The Morgan fingerprint density at radius 2 is 1.81 bits per heavy atom. The molecule has 0 N–H and O–H groups in total. The third-order valence-corrected chi connectivity index (χ3v) is 6.53. The molecule has 4 rings (SSSR count). The third-order valence-electron chi connectivity index (χ3n) is 5.34. The minimum absolute atomic E-state index is 0.151. The van der Waals surface area contributed by atoms with Crippen molar-refractivity contribution in [3.8, 4) is 5.69 Å². The first-order valence-corrected chi connectivity index (χ1v) is 11.6. The van der Waals surface area contributed by atoms with Crippen LogP contribution in [0.15, 0.2) is 59.9 Å². The molecule has 0 radical (unpaired) electrons. The summed E-state index contributed by atoms with van der Waals surface area (Å²) < 4.78 is 15.3. The zero-order chi connectivity index (χ0) is 21.8. The van der Waals surface area contributed by atoms with Gasteiger partial charge in [-0.15, -0.1) is 0 Å². The Bertz CT molecular complexity index is 1030. The number of thioether (sulfide) groups is 1. The monoisotopic (exact) mass is 458 g/mol. The molecule has 0 bridgehead atoms. The Balaban J connectivity index is 1.57.